The van der Waals surface area contributed by atoms with E-state index in [1.54, 1.807) is 0 Å². The van der Waals surface area contributed by atoms with E-state index in [-0.39, 0.29) is 18.4 Å². The van der Waals surface area contributed by atoms with Crippen molar-refractivity contribution in [3.8, 4) is 0 Å². The number of hydrogen-bond donors (Lipinski definition) is 0. The Balaban J connectivity index is 0.00000162. The zero-order valence-electron chi connectivity index (χ0n) is 10.9. The monoisotopic (exact) mass is 269 g/mol. The summed E-state index contributed by atoms with van der Waals surface area (Å²) in [5, 5.41) is 0. The number of likely N-dealkylation sites (tertiary alicyclic amines) is 1. The van der Waals surface area contributed by atoms with Gasteiger partial charge in [-0.05, 0) is 38.5 Å². The molecule has 4 heteroatoms. The standard InChI is InChI=1S/C14H19NO2.ClH/c1-15-10-8-14(9-11-15,13(16)17-2)12-6-4-3-5-7-12;/h3-7H,8-11H2,1-2H3;1H. The lowest BCUT2D eigenvalue weighted by molar-refractivity contribution is -0.149. The first-order valence-corrected chi connectivity index (χ1v) is 6.01. The normalized spacial score (nSPS) is 18.8. The average Bonchev–Trinajstić information content (AvgIpc) is 2.40. The number of nitrogens with zero attached hydrogens (tertiary/aromatic N) is 1. The van der Waals surface area contributed by atoms with Gasteiger partial charge in [-0.25, -0.2) is 0 Å². The molecule has 0 bridgehead atoms. The van der Waals surface area contributed by atoms with Crippen molar-refractivity contribution in [3.05, 3.63) is 35.9 Å². The van der Waals surface area contributed by atoms with E-state index in [0.717, 1.165) is 31.5 Å². The van der Waals surface area contributed by atoms with Crippen LogP contribution in [0.3, 0.4) is 0 Å². The van der Waals surface area contributed by atoms with Crippen LogP contribution in [0.2, 0.25) is 0 Å². The van der Waals surface area contributed by atoms with E-state index in [1.807, 2.05) is 30.3 Å². The minimum absolute atomic E-state index is 0. The highest BCUT2D eigenvalue weighted by Gasteiger charge is 2.43. The first-order valence-electron chi connectivity index (χ1n) is 6.01. The summed E-state index contributed by atoms with van der Waals surface area (Å²) in [5.74, 6) is -0.100. The van der Waals surface area contributed by atoms with Crippen LogP contribution in [0.25, 0.3) is 0 Å². The predicted molar refractivity (Wildman–Crippen MR) is 74.1 cm³/mol. The Morgan fingerprint density at radius 1 is 1.22 bits per heavy atom. The number of hydrogen-bond acceptors (Lipinski definition) is 3. The number of piperidine rings is 1. The lowest BCUT2D eigenvalue weighted by atomic mass is 9.73. The number of carbonyl (C=O) groups is 1. The lowest BCUT2D eigenvalue weighted by Gasteiger charge is -2.38. The van der Waals surface area contributed by atoms with E-state index in [2.05, 4.69) is 11.9 Å². The molecular formula is C14H20ClNO2. The SMILES string of the molecule is COC(=O)C1(c2ccccc2)CCN(C)CC1.Cl. The molecule has 0 spiro atoms. The van der Waals surface area contributed by atoms with Gasteiger partial charge in [-0.2, -0.15) is 0 Å². The van der Waals surface area contributed by atoms with Gasteiger partial charge in [0.15, 0.2) is 0 Å². The number of methoxy groups -OCH3 is 1. The zero-order chi connectivity index (χ0) is 12.3. The largest absolute Gasteiger partial charge is 0.468 e. The molecule has 2 rings (SSSR count). The summed E-state index contributed by atoms with van der Waals surface area (Å²) in [7, 11) is 3.57. The number of ether oxygens (including phenoxy) is 1. The molecule has 1 aromatic rings. The second-order valence-corrected chi connectivity index (χ2v) is 4.74. The molecule has 0 atom stereocenters. The molecule has 1 saturated heterocycles. The van der Waals surface area contributed by atoms with Crippen LogP contribution in [-0.4, -0.2) is 38.1 Å². The van der Waals surface area contributed by atoms with E-state index in [0.29, 0.717) is 0 Å². The van der Waals surface area contributed by atoms with Crippen LogP contribution >= 0.6 is 12.4 Å². The molecule has 100 valence electrons. The fraction of sp³-hybridized carbons (Fsp3) is 0.500. The zero-order valence-corrected chi connectivity index (χ0v) is 11.7. The minimum atomic E-state index is -0.442. The quantitative estimate of drug-likeness (QED) is 0.772. The molecule has 0 N–H and O–H groups in total. The molecular weight excluding hydrogens is 250 g/mol. The number of rotatable bonds is 2. The molecule has 1 heterocycles. The maximum Gasteiger partial charge on any atom is 0.316 e. The van der Waals surface area contributed by atoms with Crippen molar-refractivity contribution in [2.45, 2.75) is 18.3 Å². The highest BCUT2D eigenvalue weighted by Crippen LogP contribution is 2.36. The fourth-order valence-electron chi connectivity index (χ4n) is 2.56. The van der Waals surface area contributed by atoms with E-state index in [1.165, 1.54) is 7.11 Å². The molecule has 1 aliphatic rings. The van der Waals surface area contributed by atoms with Gasteiger partial charge in [0.05, 0.1) is 12.5 Å². The van der Waals surface area contributed by atoms with Crippen molar-refractivity contribution in [1.82, 2.24) is 4.90 Å². The summed E-state index contributed by atoms with van der Waals surface area (Å²) in [6.45, 7) is 1.87. The number of esters is 1. The summed E-state index contributed by atoms with van der Waals surface area (Å²) < 4.78 is 5.03. The van der Waals surface area contributed by atoms with Gasteiger partial charge in [0.1, 0.15) is 0 Å². The summed E-state index contributed by atoms with van der Waals surface area (Å²) in [6.07, 6.45) is 1.67. The maximum absolute atomic E-state index is 12.2. The molecule has 1 aliphatic heterocycles. The molecule has 18 heavy (non-hydrogen) atoms. The highest BCUT2D eigenvalue weighted by molar-refractivity contribution is 5.85. The second-order valence-electron chi connectivity index (χ2n) is 4.74. The van der Waals surface area contributed by atoms with Crippen LogP contribution in [-0.2, 0) is 14.9 Å². The first kappa shape index (κ1) is 15.0. The lowest BCUT2D eigenvalue weighted by Crippen LogP contribution is -2.46. The Hall–Kier alpha value is -1.06. The van der Waals surface area contributed by atoms with Crippen molar-refractivity contribution in [3.63, 3.8) is 0 Å². The maximum atomic E-state index is 12.2. The van der Waals surface area contributed by atoms with Crippen LogP contribution in [0.15, 0.2) is 30.3 Å². The van der Waals surface area contributed by atoms with Gasteiger partial charge >= 0.3 is 5.97 Å². The van der Waals surface area contributed by atoms with E-state index in [4.69, 9.17) is 4.74 Å². The van der Waals surface area contributed by atoms with Gasteiger partial charge in [-0.3, -0.25) is 4.79 Å². The van der Waals surface area contributed by atoms with E-state index in [9.17, 15) is 4.79 Å². The van der Waals surface area contributed by atoms with Gasteiger partial charge < -0.3 is 9.64 Å². The molecule has 0 saturated carbocycles. The second kappa shape index (κ2) is 6.21. The minimum Gasteiger partial charge on any atom is -0.468 e. The van der Waals surface area contributed by atoms with Crippen molar-refractivity contribution in [2.75, 3.05) is 27.2 Å². The van der Waals surface area contributed by atoms with Gasteiger partial charge in [0.2, 0.25) is 0 Å². The van der Waals surface area contributed by atoms with Crippen LogP contribution < -0.4 is 0 Å². The summed E-state index contributed by atoms with van der Waals surface area (Å²) in [4.78, 5) is 14.4. The first-order chi connectivity index (χ1) is 8.19. The third kappa shape index (κ3) is 2.68. The Kier molecular flexibility index (Phi) is 5.17. The van der Waals surface area contributed by atoms with Crippen LogP contribution in [0, 0.1) is 0 Å². The molecule has 0 amide bonds. The predicted octanol–water partition coefficient (Wildman–Crippen LogP) is 2.24. The van der Waals surface area contributed by atoms with Crippen LogP contribution in [0.4, 0.5) is 0 Å². The Morgan fingerprint density at radius 3 is 2.28 bits per heavy atom. The van der Waals surface area contributed by atoms with Crippen molar-refractivity contribution >= 4 is 18.4 Å². The van der Waals surface area contributed by atoms with E-state index < -0.39 is 5.41 Å². The molecule has 0 unspecified atom stereocenters. The molecule has 3 nitrogen and oxygen atoms in total. The van der Waals surface area contributed by atoms with Gasteiger partial charge in [0, 0.05) is 0 Å². The topological polar surface area (TPSA) is 29.5 Å². The molecule has 0 radical (unpaired) electrons. The number of carbonyl (C=O) groups excluding carboxylic acids is 1. The summed E-state index contributed by atoms with van der Waals surface area (Å²) in [6, 6.07) is 10.0. The highest BCUT2D eigenvalue weighted by atomic mass is 35.5. The third-order valence-corrected chi connectivity index (χ3v) is 3.74. The molecule has 1 aromatic carbocycles. The Bertz CT molecular complexity index is 386. The molecule has 0 aromatic heterocycles. The van der Waals surface area contributed by atoms with E-state index >= 15 is 0 Å². The average molecular weight is 270 g/mol. The number of halogens is 1. The summed E-state index contributed by atoms with van der Waals surface area (Å²) in [5.41, 5.74) is 0.641. The number of benzene rings is 1. The smallest absolute Gasteiger partial charge is 0.316 e. The van der Waals surface area contributed by atoms with Crippen LogP contribution in [0.1, 0.15) is 18.4 Å². The van der Waals surface area contributed by atoms with Crippen LogP contribution in [0.5, 0.6) is 0 Å². The van der Waals surface area contributed by atoms with Gasteiger partial charge in [0.25, 0.3) is 0 Å². The molecule has 0 aliphatic carbocycles. The van der Waals surface area contributed by atoms with Gasteiger partial charge in [-0.1, -0.05) is 30.3 Å². The van der Waals surface area contributed by atoms with Crippen molar-refractivity contribution < 1.29 is 9.53 Å². The Labute approximate surface area is 115 Å². The van der Waals surface area contributed by atoms with Crippen molar-refractivity contribution in [2.24, 2.45) is 0 Å². The van der Waals surface area contributed by atoms with Crippen molar-refractivity contribution in [1.29, 1.82) is 0 Å². The molecule has 1 fully saturated rings. The third-order valence-electron chi connectivity index (χ3n) is 3.74. The Morgan fingerprint density at radius 2 is 1.78 bits per heavy atom. The fourth-order valence-corrected chi connectivity index (χ4v) is 2.56. The van der Waals surface area contributed by atoms with Gasteiger partial charge in [-0.15, -0.1) is 12.4 Å². The summed E-state index contributed by atoms with van der Waals surface area (Å²) >= 11 is 0.